The van der Waals surface area contributed by atoms with Crippen LogP contribution in [0, 0.1) is 0 Å². The number of benzene rings is 1. The molecule has 0 radical (unpaired) electrons. The SMILES string of the molecule is COC(=O)c1ccccc1C1NC(=O)N(C2CC2)C(C)=C1C(=O)OC(C)C. The number of methoxy groups -OCH3 is 1. The van der Waals surface area contributed by atoms with Crippen LogP contribution in [0.3, 0.4) is 0 Å². The Bertz CT molecular complexity index is 810. The summed E-state index contributed by atoms with van der Waals surface area (Å²) in [6.07, 6.45) is 1.50. The molecular weight excluding hydrogens is 348 g/mol. The summed E-state index contributed by atoms with van der Waals surface area (Å²) in [5, 5.41) is 2.88. The van der Waals surface area contributed by atoms with Crippen molar-refractivity contribution in [2.24, 2.45) is 0 Å². The van der Waals surface area contributed by atoms with E-state index >= 15 is 0 Å². The molecule has 0 saturated heterocycles. The molecule has 144 valence electrons. The summed E-state index contributed by atoms with van der Waals surface area (Å²) in [6.45, 7) is 5.29. The van der Waals surface area contributed by atoms with E-state index in [0.717, 1.165) is 12.8 Å². The number of hydrogen-bond donors (Lipinski definition) is 1. The molecule has 0 aromatic heterocycles. The quantitative estimate of drug-likeness (QED) is 0.804. The second kappa shape index (κ2) is 7.42. The lowest BCUT2D eigenvalue weighted by atomic mass is 9.91. The van der Waals surface area contributed by atoms with E-state index in [1.807, 2.05) is 0 Å². The van der Waals surface area contributed by atoms with Gasteiger partial charge in [-0.1, -0.05) is 18.2 Å². The molecule has 1 aliphatic heterocycles. The molecule has 1 saturated carbocycles. The van der Waals surface area contributed by atoms with Gasteiger partial charge >= 0.3 is 18.0 Å². The summed E-state index contributed by atoms with van der Waals surface area (Å²) in [5.41, 5.74) is 1.71. The highest BCUT2D eigenvalue weighted by molar-refractivity contribution is 5.97. The first-order valence-corrected chi connectivity index (χ1v) is 9.03. The fourth-order valence-corrected chi connectivity index (χ4v) is 3.35. The first-order chi connectivity index (χ1) is 12.8. The van der Waals surface area contributed by atoms with Crippen molar-refractivity contribution >= 4 is 18.0 Å². The van der Waals surface area contributed by atoms with Gasteiger partial charge in [0.05, 0.1) is 30.4 Å². The van der Waals surface area contributed by atoms with Gasteiger partial charge in [-0.25, -0.2) is 14.4 Å². The van der Waals surface area contributed by atoms with Crippen LogP contribution in [-0.4, -0.2) is 42.1 Å². The van der Waals surface area contributed by atoms with Crippen LogP contribution in [0.5, 0.6) is 0 Å². The van der Waals surface area contributed by atoms with Crippen molar-refractivity contribution in [1.29, 1.82) is 0 Å². The van der Waals surface area contributed by atoms with Crippen molar-refractivity contribution in [3.8, 4) is 0 Å². The highest BCUT2D eigenvalue weighted by Gasteiger charge is 2.43. The Labute approximate surface area is 158 Å². The lowest BCUT2D eigenvalue weighted by Gasteiger charge is -2.36. The third kappa shape index (κ3) is 3.67. The molecule has 1 aliphatic carbocycles. The van der Waals surface area contributed by atoms with Crippen molar-refractivity contribution in [3.05, 3.63) is 46.7 Å². The molecule has 7 nitrogen and oxygen atoms in total. The van der Waals surface area contributed by atoms with E-state index in [4.69, 9.17) is 9.47 Å². The van der Waals surface area contributed by atoms with E-state index < -0.39 is 18.0 Å². The molecule has 0 bridgehead atoms. The molecule has 0 spiro atoms. The minimum absolute atomic E-state index is 0.101. The lowest BCUT2D eigenvalue weighted by Crippen LogP contribution is -2.49. The molecule has 1 atom stereocenters. The van der Waals surface area contributed by atoms with Crippen molar-refractivity contribution in [2.45, 2.75) is 51.8 Å². The van der Waals surface area contributed by atoms with E-state index in [0.29, 0.717) is 22.4 Å². The Morgan fingerprint density at radius 2 is 1.85 bits per heavy atom. The van der Waals surface area contributed by atoms with E-state index in [-0.39, 0.29) is 18.2 Å². The maximum absolute atomic E-state index is 12.9. The number of amides is 2. The minimum atomic E-state index is -0.783. The van der Waals surface area contributed by atoms with Crippen LogP contribution in [0.25, 0.3) is 0 Å². The molecule has 3 rings (SSSR count). The second-order valence-electron chi connectivity index (χ2n) is 7.02. The topological polar surface area (TPSA) is 84.9 Å². The third-order valence-corrected chi connectivity index (χ3v) is 4.68. The molecule has 7 heteroatoms. The number of hydrogen-bond acceptors (Lipinski definition) is 5. The van der Waals surface area contributed by atoms with E-state index in [2.05, 4.69) is 5.32 Å². The van der Waals surface area contributed by atoms with Crippen LogP contribution >= 0.6 is 0 Å². The normalized spacial score (nSPS) is 19.8. The Morgan fingerprint density at radius 3 is 2.44 bits per heavy atom. The van der Waals surface area contributed by atoms with Crippen LogP contribution in [0.2, 0.25) is 0 Å². The molecule has 1 aromatic carbocycles. The number of nitrogens with zero attached hydrogens (tertiary/aromatic N) is 1. The molecule has 1 aromatic rings. The summed E-state index contributed by atoms with van der Waals surface area (Å²) in [7, 11) is 1.29. The van der Waals surface area contributed by atoms with Crippen molar-refractivity contribution in [2.75, 3.05) is 7.11 Å². The lowest BCUT2D eigenvalue weighted by molar-refractivity contribution is -0.143. The largest absolute Gasteiger partial charge is 0.465 e. The molecule has 2 amide bonds. The van der Waals surface area contributed by atoms with Gasteiger partial charge in [-0.05, 0) is 45.2 Å². The van der Waals surface area contributed by atoms with E-state index in [9.17, 15) is 14.4 Å². The standard InChI is InChI=1S/C20H24N2O5/c1-11(2)27-19(24)16-12(3)22(13-9-10-13)20(25)21-17(16)14-7-5-6-8-15(14)18(23)26-4/h5-8,11,13,17H,9-10H2,1-4H3,(H,21,25). The van der Waals surface area contributed by atoms with Gasteiger partial charge in [0.2, 0.25) is 0 Å². The zero-order chi connectivity index (χ0) is 19.7. The average Bonchev–Trinajstić information content (AvgIpc) is 3.44. The van der Waals surface area contributed by atoms with Crippen LogP contribution in [0.4, 0.5) is 4.79 Å². The monoisotopic (exact) mass is 372 g/mol. The van der Waals surface area contributed by atoms with E-state index in [1.54, 1.807) is 49.9 Å². The summed E-state index contributed by atoms with van der Waals surface area (Å²) in [4.78, 5) is 39.4. The van der Waals surface area contributed by atoms with Crippen molar-refractivity contribution < 1.29 is 23.9 Å². The second-order valence-corrected chi connectivity index (χ2v) is 7.02. The zero-order valence-electron chi connectivity index (χ0n) is 15.9. The Kier molecular flexibility index (Phi) is 5.21. The number of esters is 2. The molecule has 1 heterocycles. The van der Waals surface area contributed by atoms with Gasteiger partial charge in [-0.15, -0.1) is 0 Å². The van der Waals surface area contributed by atoms with Gasteiger partial charge in [0.15, 0.2) is 0 Å². The number of carbonyl (C=O) groups is 3. The summed E-state index contributed by atoms with van der Waals surface area (Å²) in [5.74, 6) is -1.03. The number of rotatable bonds is 5. The highest BCUT2D eigenvalue weighted by atomic mass is 16.5. The maximum Gasteiger partial charge on any atom is 0.338 e. The predicted molar refractivity (Wildman–Crippen MR) is 97.8 cm³/mol. The van der Waals surface area contributed by atoms with Gasteiger partial charge in [-0.2, -0.15) is 0 Å². The van der Waals surface area contributed by atoms with E-state index in [1.165, 1.54) is 7.11 Å². The Balaban J connectivity index is 2.12. The number of ether oxygens (including phenoxy) is 2. The van der Waals surface area contributed by atoms with Gasteiger partial charge in [0.1, 0.15) is 0 Å². The molecule has 1 unspecified atom stereocenters. The fraction of sp³-hybridized carbons (Fsp3) is 0.450. The molecule has 1 fully saturated rings. The van der Waals surface area contributed by atoms with Crippen LogP contribution in [0.1, 0.15) is 55.6 Å². The third-order valence-electron chi connectivity index (χ3n) is 4.68. The van der Waals surface area contributed by atoms with Crippen LogP contribution in [-0.2, 0) is 14.3 Å². The summed E-state index contributed by atoms with van der Waals surface area (Å²) < 4.78 is 10.3. The van der Waals surface area contributed by atoms with Crippen molar-refractivity contribution in [3.63, 3.8) is 0 Å². The van der Waals surface area contributed by atoms with Gasteiger partial charge in [0, 0.05) is 11.7 Å². The summed E-state index contributed by atoms with van der Waals surface area (Å²) >= 11 is 0. The average molecular weight is 372 g/mol. The Morgan fingerprint density at radius 1 is 1.19 bits per heavy atom. The smallest absolute Gasteiger partial charge is 0.338 e. The predicted octanol–water partition coefficient (Wildman–Crippen LogP) is 2.93. The molecular formula is C20H24N2O5. The zero-order valence-corrected chi connectivity index (χ0v) is 15.9. The minimum Gasteiger partial charge on any atom is -0.465 e. The first kappa shape index (κ1) is 18.9. The molecule has 2 aliphatic rings. The molecule has 27 heavy (non-hydrogen) atoms. The van der Waals surface area contributed by atoms with Gasteiger partial charge in [-0.3, -0.25) is 4.90 Å². The van der Waals surface area contributed by atoms with Crippen LogP contribution < -0.4 is 5.32 Å². The Hall–Kier alpha value is -2.83. The first-order valence-electron chi connectivity index (χ1n) is 9.03. The number of allylic oxidation sites excluding steroid dienone is 1. The number of nitrogens with one attached hydrogen (secondary N) is 1. The van der Waals surface area contributed by atoms with Crippen molar-refractivity contribution in [1.82, 2.24) is 10.2 Å². The fourth-order valence-electron chi connectivity index (χ4n) is 3.35. The summed E-state index contributed by atoms with van der Waals surface area (Å²) in [6, 6.07) is 5.82. The number of carbonyl (C=O) groups excluding carboxylic acids is 3. The molecule has 1 N–H and O–H groups in total. The number of urea groups is 1. The van der Waals surface area contributed by atoms with Gasteiger partial charge in [0.25, 0.3) is 0 Å². The highest BCUT2D eigenvalue weighted by Crippen LogP contribution is 2.38. The van der Waals surface area contributed by atoms with Crippen LogP contribution in [0.15, 0.2) is 35.5 Å². The van der Waals surface area contributed by atoms with Gasteiger partial charge < -0.3 is 14.8 Å². The maximum atomic E-state index is 12.9.